The molecular formula is C11H16N6OS. The minimum absolute atomic E-state index is 0.0421. The summed E-state index contributed by atoms with van der Waals surface area (Å²) in [6.07, 6.45) is 0. The highest BCUT2D eigenvalue weighted by molar-refractivity contribution is 7.99. The summed E-state index contributed by atoms with van der Waals surface area (Å²) < 4.78 is 1.60. The van der Waals surface area contributed by atoms with Gasteiger partial charge in [-0.25, -0.2) is 19.9 Å². The number of anilines is 1. The molecule has 0 aromatic carbocycles. The van der Waals surface area contributed by atoms with Crippen LogP contribution in [0.2, 0.25) is 0 Å². The smallest absolute Gasteiger partial charge is 0.344 e. The lowest BCUT2D eigenvalue weighted by Gasteiger charge is -2.09. The molecule has 2 aromatic rings. The molecule has 0 saturated heterocycles. The van der Waals surface area contributed by atoms with Crippen molar-refractivity contribution in [3.8, 4) is 0 Å². The van der Waals surface area contributed by atoms with Gasteiger partial charge in [-0.1, -0.05) is 0 Å². The van der Waals surface area contributed by atoms with E-state index in [0.717, 1.165) is 10.8 Å². The van der Waals surface area contributed by atoms with Gasteiger partial charge >= 0.3 is 5.69 Å². The average Bonchev–Trinajstić information content (AvgIpc) is 2.69. The molecule has 0 fully saturated rings. The standard InChI is InChI=1S/C11H16N6OS/c1-6(2)17-10(18)15-16-11(17)19-9-5-8(12-4)13-7(3)14-9/h5-6H,1-4H3,(H,15,18)(H,12,13,14). The Morgan fingerprint density at radius 2 is 2.16 bits per heavy atom. The zero-order valence-electron chi connectivity index (χ0n) is 11.3. The van der Waals surface area contributed by atoms with Gasteiger partial charge in [-0.05, 0) is 32.5 Å². The third-order valence-electron chi connectivity index (χ3n) is 2.45. The maximum atomic E-state index is 11.6. The molecule has 0 amide bonds. The monoisotopic (exact) mass is 280 g/mol. The Kier molecular flexibility index (Phi) is 3.89. The molecule has 0 aliphatic rings. The van der Waals surface area contributed by atoms with E-state index in [-0.39, 0.29) is 11.7 Å². The highest BCUT2D eigenvalue weighted by Crippen LogP contribution is 2.26. The topological polar surface area (TPSA) is 88.5 Å². The quantitative estimate of drug-likeness (QED) is 0.824. The summed E-state index contributed by atoms with van der Waals surface area (Å²) in [5, 5.41) is 10.8. The second-order valence-electron chi connectivity index (χ2n) is 4.27. The fraction of sp³-hybridized carbons (Fsp3) is 0.455. The van der Waals surface area contributed by atoms with Crippen molar-refractivity contribution in [1.82, 2.24) is 24.7 Å². The highest BCUT2D eigenvalue weighted by Gasteiger charge is 2.14. The first-order valence-corrected chi connectivity index (χ1v) is 6.71. The minimum atomic E-state index is -0.211. The molecule has 2 rings (SSSR count). The third-order valence-corrected chi connectivity index (χ3v) is 3.34. The van der Waals surface area contributed by atoms with Gasteiger partial charge in [0, 0.05) is 19.2 Å². The van der Waals surface area contributed by atoms with Gasteiger partial charge < -0.3 is 5.32 Å². The van der Waals surface area contributed by atoms with Gasteiger partial charge in [-0.3, -0.25) is 4.57 Å². The first-order valence-electron chi connectivity index (χ1n) is 5.89. The number of rotatable bonds is 4. The summed E-state index contributed by atoms with van der Waals surface area (Å²) in [7, 11) is 1.80. The molecule has 0 unspecified atom stereocenters. The first kappa shape index (κ1) is 13.6. The van der Waals surface area contributed by atoms with E-state index in [1.807, 2.05) is 26.8 Å². The number of aromatic amines is 1. The molecule has 0 bridgehead atoms. The van der Waals surface area contributed by atoms with Crippen LogP contribution in [0.5, 0.6) is 0 Å². The number of hydrogen-bond acceptors (Lipinski definition) is 6. The molecule has 0 radical (unpaired) electrons. The fourth-order valence-electron chi connectivity index (χ4n) is 1.63. The summed E-state index contributed by atoms with van der Waals surface area (Å²) in [6, 6.07) is 1.86. The summed E-state index contributed by atoms with van der Waals surface area (Å²) in [5.41, 5.74) is -0.211. The molecule has 0 atom stereocenters. The van der Waals surface area contributed by atoms with E-state index in [1.165, 1.54) is 11.8 Å². The van der Waals surface area contributed by atoms with Gasteiger partial charge in [0.15, 0.2) is 5.16 Å². The van der Waals surface area contributed by atoms with Crippen LogP contribution in [0, 0.1) is 6.92 Å². The molecule has 7 nitrogen and oxygen atoms in total. The highest BCUT2D eigenvalue weighted by atomic mass is 32.2. The Labute approximate surface area is 114 Å². The van der Waals surface area contributed by atoms with Crippen molar-refractivity contribution in [1.29, 1.82) is 0 Å². The van der Waals surface area contributed by atoms with E-state index in [1.54, 1.807) is 11.6 Å². The number of H-pyrrole nitrogens is 1. The average molecular weight is 280 g/mol. The van der Waals surface area contributed by atoms with Crippen molar-refractivity contribution >= 4 is 17.6 Å². The van der Waals surface area contributed by atoms with Gasteiger partial charge in [-0.2, -0.15) is 0 Å². The Morgan fingerprint density at radius 3 is 2.79 bits per heavy atom. The van der Waals surface area contributed by atoms with Gasteiger partial charge in [0.2, 0.25) is 0 Å². The Balaban J connectivity index is 2.36. The SMILES string of the molecule is CNc1cc(Sc2n[nH]c(=O)n2C(C)C)nc(C)n1. The number of nitrogens with zero attached hydrogens (tertiary/aromatic N) is 4. The Bertz CT molecular complexity index is 632. The van der Waals surface area contributed by atoms with Gasteiger partial charge in [0.05, 0.1) is 0 Å². The molecule has 8 heteroatoms. The van der Waals surface area contributed by atoms with Gasteiger partial charge in [0.25, 0.3) is 0 Å². The van der Waals surface area contributed by atoms with Crippen molar-refractivity contribution in [3.63, 3.8) is 0 Å². The van der Waals surface area contributed by atoms with Crippen LogP contribution in [0.3, 0.4) is 0 Å². The van der Waals surface area contributed by atoms with E-state index >= 15 is 0 Å². The predicted molar refractivity (Wildman–Crippen MR) is 73.7 cm³/mol. The maximum absolute atomic E-state index is 11.6. The zero-order chi connectivity index (χ0) is 14.0. The predicted octanol–water partition coefficient (Wildman–Crippen LogP) is 1.44. The summed E-state index contributed by atoms with van der Waals surface area (Å²) in [4.78, 5) is 20.2. The van der Waals surface area contributed by atoms with E-state index in [2.05, 4.69) is 25.5 Å². The van der Waals surface area contributed by atoms with Crippen molar-refractivity contribution in [2.45, 2.75) is 37.0 Å². The lowest BCUT2D eigenvalue weighted by molar-refractivity contribution is 0.534. The summed E-state index contributed by atoms with van der Waals surface area (Å²) in [5.74, 6) is 1.41. The van der Waals surface area contributed by atoms with Crippen LogP contribution in [0.1, 0.15) is 25.7 Å². The normalized spacial score (nSPS) is 11.0. The van der Waals surface area contributed by atoms with Crippen LogP contribution in [0.25, 0.3) is 0 Å². The molecule has 2 aromatic heterocycles. The van der Waals surface area contributed by atoms with Gasteiger partial charge in [-0.15, -0.1) is 5.10 Å². The van der Waals surface area contributed by atoms with Gasteiger partial charge in [0.1, 0.15) is 16.7 Å². The number of aryl methyl sites for hydroxylation is 1. The maximum Gasteiger partial charge on any atom is 0.344 e. The molecular weight excluding hydrogens is 264 g/mol. The van der Waals surface area contributed by atoms with Crippen LogP contribution >= 0.6 is 11.8 Å². The first-order chi connectivity index (χ1) is 9.01. The molecule has 102 valence electrons. The molecule has 0 aliphatic heterocycles. The Morgan fingerprint density at radius 1 is 1.42 bits per heavy atom. The van der Waals surface area contributed by atoms with Crippen molar-refractivity contribution in [3.05, 3.63) is 22.4 Å². The van der Waals surface area contributed by atoms with Crippen molar-refractivity contribution < 1.29 is 0 Å². The van der Waals surface area contributed by atoms with E-state index < -0.39 is 0 Å². The minimum Gasteiger partial charge on any atom is -0.373 e. The molecule has 0 saturated carbocycles. The molecule has 0 spiro atoms. The Hall–Kier alpha value is -1.83. The molecule has 2 heterocycles. The lowest BCUT2D eigenvalue weighted by atomic mass is 10.4. The number of hydrogen-bond donors (Lipinski definition) is 2. The van der Waals surface area contributed by atoms with Crippen LogP contribution in [0.15, 0.2) is 21.0 Å². The second kappa shape index (κ2) is 5.43. The fourth-order valence-corrected chi connectivity index (χ4v) is 2.65. The van der Waals surface area contributed by atoms with Crippen LogP contribution in [0.4, 0.5) is 5.82 Å². The largest absolute Gasteiger partial charge is 0.373 e. The van der Waals surface area contributed by atoms with Crippen molar-refractivity contribution in [2.24, 2.45) is 0 Å². The van der Waals surface area contributed by atoms with E-state index in [0.29, 0.717) is 11.0 Å². The lowest BCUT2D eigenvalue weighted by Crippen LogP contribution is -2.19. The second-order valence-corrected chi connectivity index (χ2v) is 5.25. The van der Waals surface area contributed by atoms with Crippen LogP contribution in [-0.2, 0) is 0 Å². The van der Waals surface area contributed by atoms with E-state index in [4.69, 9.17) is 0 Å². The molecule has 2 N–H and O–H groups in total. The third kappa shape index (κ3) is 2.95. The molecule has 19 heavy (non-hydrogen) atoms. The van der Waals surface area contributed by atoms with E-state index in [9.17, 15) is 4.79 Å². The number of aromatic nitrogens is 5. The summed E-state index contributed by atoms with van der Waals surface area (Å²) in [6.45, 7) is 5.70. The number of nitrogens with one attached hydrogen (secondary N) is 2. The molecule has 0 aliphatic carbocycles. The van der Waals surface area contributed by atoms with Crippen molar-refractivity contribution in [2.75, 3.05) is 12.4 Å². The zero-order valence-corrected chi connectivity index (χ0v) is 12.1. The van der Waals surface area contributed by atoms with Crippen LogP contribution < -0.4 is 11.0 Å². The summed E-state index contributed by atoms with van der Waals surface area (Å²) >= 11 is 1.34. The van der Waals surface area contributed by atoms with Crippen LogP contribution in [-0.4, -0.2) is 31.8 Å².